The van der Waals surface area contributed by atoms with E-state index in [1.165, 1.54) is 0 Å². The van der Waals surface area contributed by atoms with Crippen LogP contribution in [0.15, 0.2) is 54.6 Å². The van der Waals surface area contributed by atoms with E-state index in [0.29, 0.717) is 45.5 Å². The number of benzene rings is 2. The van der Waals surface area contributed by atoms with Crippen molar-refractivity contribution in [1.29, 1.82) is 5.26 Å². The maximum absolute atomic E-state index is 13.3. The molecule has 2 aromatic rings. The summed E-state index contributed by atoms with van der Waals surface area (Å²) in [6, 6.07) is 19.1. The van der Waals surface area contributed by atoms with Gasteiger partial charge in [-0.3, -0.25) is 9.80 Å². The molecule has 2 aliphatic heterocycles. The second kappa shape index (κ2) is 17.3. The van der Waals surface area contributed by atoms with Gasteiger partial charge >= 0.3 is 12.2 Å². The zero-order chi connectivity index (χ0) is 35.6. The molecule has 0 spiro atoms. The van der Waals surface area contributed by atoms with E-state index in [9.17, 15) is 20.0 Å². The van der Waals surface area contributed by atoms with Gasteiger partial charge in [0.1, 0.15) is 11.7 Å². The van der Waals surface area contributed by atoms with Gasteiger partial charge in [-0.1, -0.05) is 56.3 Å². The normalized spacial score (nSPS) is 20.3. The average Bonchev–Trinajstić information content (AvgIpc) is 3.65. The molecule has 11 heteroatoms. The first-order valence-corrected chi connectivity index (χ1v) is 17.4. The summed E-state index contributed by atoms with van der Waals surface area (Å²) in [5.74, 6) is 0.00379. The van der Waals surface area contributed by atoms with E-state index in [2.05, 4.69) is 30.1 Å². The molecule has 268 valence electrons. The number of amides is 2. The summed E-state index contributed by atoms with van der Waals surface area (Å²) in [7, 11) is 0. The molecule has 4 rings (SSSR count). The third-order valence-electron chi connectivity index (χ3n) is 8.88. The zero-order valence-corrected chi connectivity index (χ0v) is 29.9. The second-order valence-corrected chi connectivity index (χ2v) is 14.9. The van der Waals surface area contributed by atoms with E-state index in [1.54, 1.807) is 4.90 Å². The second-order valence-electron chi connectivity index (χ2n) is 14.9. The minimum atomic E-state index is -0.959. The quantitative estimate of drug-likeness (QED) is 0.231. The Bertz CT molecular complexity index is 1410. The van der Waals surface area contributed by atoms with Crippen LogP contribution in [-0.2, 0) is 31.9 Å². The molecule has 2 N–H and O–H groups in total. The number of nitrogens with one attached hydrogen (secondary N) is 1. The van der Waals surface area contributed by atoms with Crippen molar-refractivity contribution in [2.24, 2.45) is 11.3 Å². The van der Waals surface area contributed by atoms with Crippen LogP contribution in [0.25, 0.3) is 0 Å². The minimum absolute atomic E-state index is 0.00379. The molecular formula is C38H54N4O7. The van der Waals surface area contributed by atoms with Crippen LogP contribution in [0.3, 0.4) is 0 Å². The Morgan fingerprint density at radius 1 is 1.08 bits per heavy atom. The van der Waals surface area contributed by atoms with Crippen LogP contribution in [0.5, 0.6) is 0 Å². The lowest BCUT2D eigenvalue weighted by atomic mass is 9.87. The Labute approximate surface area is 291 Å². The van der Waals surface area contributed by atoms with E-state index < -0.39 is 36.0 Å². The number of nitrogens with zero attached hydrogens (tertiary/aromatic N) is 3. The van der Waals surface area contributed by atoms with Gasteiger partial charge in [0, 0.05) is 38.3 Å². The van der Waals surface area contributed by atoms with Crippen molar-refractivity contribution in [2.75, 3.05) is 37.7 Å². The third kappa shape index (κ3) is 11.7. The predicted octanol–water partition coefficient (Wildman–Crippen LogP) is 6.04. The Kier molecular flexibility index (Phi) is 13.5. The lowest BCUT2D eigenvalue weighted by molar-refractivity contribution is -0.0907. The summed E-state index contributed by atoms with van der Waals surface area (Å²) < 4.78 is 22.7. The number of carbonyl (C=O) groups is 2. The largest absolute Gasteiger partial charge is 0.443 e. The number of hydrogen-bond acceptors (Lipinski definition) is 9. The first kappa shape index (κ1) is 38.1. The SMILES string of the molecule is CCN(C(=O)OC(C)(C)C)c1cccc(CN(C[C@@H](O)[C@H](Cc2ccccc2)NC(=O)O[C@H]2CO[C@H]3OCC[C@H]32)CC(C)(C)CCC#N)c1. The highest BCUT2D eigenvalue weighted by Gasteiger charge is 2.44. The molecule has 5 atom stereocenters. The number of hydrogen-bond donors (Lipinski definition) is 2. The monoisotopic (exact) mass is 678 g/mol. The van der Waals surface area contributed by atoms with Crippen LogP contribution in [0.4, 0.5) is 15.3 Å². The number of nitriles is 1. The first-order valence-electron chi connectivity index (χ1n) is 17.4. The van der Waals surface area contributed by atoms with Crippen molar-refractivity contribution in [3.8, 4) is 6.07 Å². The van der Waals surface area contributed by atoms with Crippen LogP contribution in [0.2, 0.25) is 0 Å². The number of ether oxygens (including phenoxy) is 4. The van der Waals surface area contributed by atoms with Gasteiger partial charge in [-0.25, -0.2) is 9.59 Å². The van der Waals surface area contributed by atoms with Gasteiger partial charge in [-0.2, -0.15) is 5.26 Å². The molecule has 49 heavy (non-hydrogen) atoms. The zero-order valence-electron chi connectivity index (χ0n) is 29.9. The van der Waals surface area contributed by atoms with Gasteiger partial charge in [0.2, 0.25) is 0 Å². The topological polar surface area (TPSA) is 134 Å². The molecule has 2 aromatic carbocycles. The molecule has 2 fully saturated rings. The summed E-state index contributed by atoms with van der Waals surface area (Å²) in [6.07, 6.45) is -0.452. The lowest BCUT2D eigenvalue weighted by Crippen LogP contribution is -2.51. The number of anilines is 1. The van der Waals surface area contributed by atoms with Crippen molar-refractivity contribution in [3.63, 3.8) is 0 Å². The molecule has 0 saturated carbocycles. The van der Waals surface area contributed by atoms with Gasteiger partial charge in [0.25, 0.3) is 0 Å². The third-order valence-corrected chi connectivity index (χ3v) is 8.88. The van der Waals surface area contributed by atoms with Crippen molar-refractivity contribution in [2.45, 2.75) is 104 Å². The lowest BCUT2D eigenvalue weighted by Gasteiger charge is -2.35. The van der Waals surface area contributed by atoms with E-state index in [1.807, 2.05) is 82.3 Å². The number of fused-ring (bicyclic) bond motifs is 1. The summed E-state index contributed by atoms with van der Waals surface area (Å²) in [5, 5.41) is 24.1. The molecule has 2 heterocycles. The first-order chi connectivity index (χ1) is 23.3. The number of aliphatic hydroxyl groups is 1. The number of carbonyl (C=O) groups excluding carboxylic acids is 2. The number of alkyl carbamates (subject to hydrolysis) is 1. The van der Waals surface area contributed by atoms with Gasteiger partial charge in [0.15, 0.2) is 6.29 Å². The van der Waals surface area contributed by atoms with E-state index in [0.717, 1.165) is 23.2 Å². The summed E-state index contributed by atoms with van der Waals surface area (Å²) >= 11 is 0. The number of aliphatic hydroxyl groups excluding tert-OH is 1. The van der Waals surface area contributed by atoms with Crippen molar-refractivity contribution >= 4 is 17.9 Å². The fraction of sp³-hybridized carbons (Fsp3) is 0.605. The summed E-state index contributed by atoms with van der Waals surface area (Å²) in [5.41, 5.74) is 1.78. The van der Waals surface area contributed by atoms with Crippen LogP contribution in [-0.4, -0.2) is 85.2 Å². The molecule has 11 nitrogen and oxygen atoms in total. The highest BCUT2D eigenvalue weighted by atomic mass is 16.7. The summed E-state index contributed by atoms with van der Waals surface area (Å²) in [4.78, 5) is 30.0. The van der Waals surface area contributed by atoms with Gasteiger partial charge in [-0.15, -0.1) is 0 Å². The van der Waals surface area contributed by atoms with E-state index in [-0.39, 0.29) is 30.8 Å². The molecule has 0 aliphatic carbocycles. The molecule has 0 unspecified atom stereocenters. The maximum Gasteiger partial charge on any atom is 0.414 e. The van der Waals surface area contributed by atoms with Gasteiger partial charge in [0.05, 0.1) is 37.3 Å². The van der Waals surface area contributed by atoms with Crippen molar-refractivity contribution < 1.29 is 33.6 Å². The molecule has 2 amide bonds. The van der Waals surface area contributed by atoms with Gasteiger partial charge < -0.3 is 29.4 Å². The predicted molar refractivity (Wildman–Crippen MR) is 187 cm³/mol. The maximum atomic E-state index is 13.3. The minimum Gasteiger partial charge on any atom is -0.443 e. The molecule has 0 radical (unpaired) electrons. The standard InChI is InChI=1S/C38H54N4O7/c1-7-42(36(45)49-37(2,3)4)29-16-11-15-28(21-29)23-41(26-38(5,6)18-12-19-39)24-32(43)31(22-27-13-9-8-10-14-27)40-35(44)48-33-25-47-34-30(33)17-20-46-34/h8-11,13-16,21,30-34,43H,7,12,17-18,20,22-26H2,1-6H3,(H,40,44)/t30-,31-,32+,33-,34+/m0/s1. The molecule has 2 saturated heterocycles. The Morgan fingerprint density at radius 3 is 2.51 bits per heavy atom. The van der Waals surface area contributed by atoms with Crippen LogP contribution in [0.1, 0.15) is 71.9 Å². The van der Waals surface area contributed by atoms with E-state index >= 15 is 0 Å². The summed E-state index contributed by atoms with van der Waals surface area (Å²) in [6.45, 7) is 14.3. The smallest absolute Gasteiger partial charge is 0.414 e. The van der Waals surface area contributed by atoms with E-state index in [4.69, 9.17) is 18.9 Å². The molecule has 0 aromatic heterocycles. The Balaban J connectivity index is 1.54. The highest BCUT2D eigenvalue weighted by Crippen LogP contribution is 2.33. The highest BCUT2D eigenvalue weighted by molar-refractivity contribution is 5.87. The van der Waals surface area contributed by atoms with Crippen LogP contribution in [0, 0.1) is 22.7 Å². The van der Waals surface area contributed by atoms with Gasteiger partial charge in [-0.05, 0) is 75.6 Å². The van der Waals surface area contributed by atoms with Crippen LogP contribution >= 0.6 is 0 Å². The fourth-order valence-corrected chi connectivity index (χ4v) is 6.49. The molecule has 2 aliphatic rings. The molecular weight excluding hydrogens is 624 g/mol. The van der Waals surface area contributed by atoms with Crippen LogP contribution < -0.4 is 10.2 Å². The van der Waals surface area contributed by atoms with Crippen molar-refractivity contribution in [3.05, 3.63) is 65.7 Å². The average molecular weight is 679 g/mol. The number of rotatable bonds is 15. The van der Waals surface area contributed by atoms with Crippen molar-refractivity contribution in [1.82, 2.24) is 10.2 Å². The Morgan fingerprint density at radius 2 is 1.82 bits per heavy atom. The Hall–Kier alpha value is -3.69. The fourth-order valence-electron chi connectivity index (χ4n) is 6.49. The molecule has 0 bridgehead atoms.